The highest BCUT2D eigenvalue weighted by molar-refractivity contribution is 7.12. The molecule has 0 aliphatic heterocycles. The summed E-state index contributed by atoms with van der Waals surface area (Å²) in [7, 11) is 0. The fourth-order valence-corrected chi connectivity index (χ4v) is 3.46. The molecule has 132 valence electrons. The van der Waals surface area contributed by atoms with Crippen LogP contribution in [0, 0.1) is 0 Å². The Balaban J connectivity index is 1.39. The van der Waals surface area contributed by atoms with Crippen molar-refractivity contribution in [1.29, 1.82) is 0 Å². The number of thiophene rings is 1. The average molecular weight is 358 g/mol. The summed E-state index contributed by atoms with van der Waals surface area (Å²) in [6.45, 7) is 0.311. The molecule has 2 N–H and O–H groups in total. The minimum atomic E-state index is -0.142. The minimum absolute atomic E-state index is 0.129. The van der Waals surface area contributed by atoms with E-state index in [1.807, 2.05) is 35.7 Å². The summed E-state index contributed by atoms with van der Waals surface area (Å²) in [5.74, 6) is 0.570. The van der Waals surface area contributed by atoms with E-state index in [2.05, 4.69) is 10.6 Å². The molecule has 3 rings (SSSR count). The van der Waals surface area contributed by atoms with Crippen molar-refractivity contribution >= 4 is 28.8 Å². The van der Waals surface area contributed by atoms with E-state index in [-0.39, 0.29) is 18.2 Å². The molecule has 0 bridgehead atoms. The van der Waals surface area contributed by atoms with Crippen LogP contribution < -0.4 is 15.4 Å². The van der Waals surface area contributed by atoms with Gasteiger partial charge in [-0.05, 0) is 61.4 Å². The van der Waals surface area contributed by atoms with E-state index in [1.165, 1.54) is 24.2 Å². The van der Waals surface area contributed by atoms with Crippen LogP contribution in [-0.4, -0.2) is 24.5 Å². The summed E-state index contributed by atoms with van der Waals surface area (Å²) in [5.41, 5.74) is 0.730. The van der Waals surface area contributed by atoms with Crippen LogP contribution in [0.4, 0.5) is 5.69 Å². The number of amides is 2. The molecule has 2 aromatic rings. The van der Waals surface area contributed by atoms with Crippen LogP contribution in [0.15, 0.2) is 41.8 Å². The Labute approximate surface area is 151 Å². The number of carbonyl (C=O) groups excluding carboxylic acids is 2. The Hall–Kier alpha value is -2.34. The van der Waals surface area contributed by atoms with E-state index in [9.17, 15) is 9.59 Å². The van der Waals surface area contributed by atoms with Gasteiger partial charge in [-0.15, -0.1) is 11.3 Å². The monoisotopic (exact) mass is 358 g/mol. The third kappa shape index (κ3) is 5.32. The number of ether oxygens (including phenoxy) is 1. The zero-order valence-electron chi connectivity index (χ0n) is 14.0. The highest BCUT2D eigenvalue weighted by Gasteiger charge is 2.16. The lowest BCUT2D eigenvalue weighted by molar-refractivity contribution is -0.116. The van der Waals surface area contributed by atoms with Crippen LogP contribution in [0.25, 0.3) is 0 Å². The van der Waals surface area contributed by atoms with E-state index >= 15 is 0 Å². The van der Waals surface area contributed by atoms with Crippen molar-refractivity contribution in [1.82, 2.24) is 5.32 Å². The normalized spacial score (nSPS) is 14.2. The van der Waals surface area contributed by atoms with Crippen LogP contribution >= 0.6 is 11.3 Å². The number of carbonyl (C=O) groups is 2. The Bertz CT molecular complexity index is 692. The lowest BCUT2D eigenvalue weighted by Gasteiger charge is -2.13. The molecule has 0 radical (unpaired) electrons. The zero-order chi connectivity index (χ0) is 17.5. The van der Waals surface area contributed by atoms with Gasteiger partial charge in [-0.25, -0.2) is 0 Å². The second kappa shape index (κ2) is 8.67. The SMILES string of the molecule is O=C(CCNC(=O)c1cccs1)Nc1ccc(OC2CCCC2)cc1. The van der Waals surface area contributed by atoms with Gasteiger partial charge in [0.25, 0.3) is 5.91 Å². The first kappa shape index (κ1) is 17.5. The predicted molar refractivity (Wildman–Crippen MR) is 99.2 cm³/mol. The Morgan fingerprint density at radius 1 is 1.12 bits per heavy atom. The van der Waals surface area contributed by atoms with Gasteiger partial charge in [0.05, 0.1) is 11.0 Å². The first-order valence-corrected chi connectivity index (χ1v) is 9.47. The average Bonchev–Trinajstić information content (AvgIpc) is 3.30. The lowest BCUT2D eigenvalue weighted by Crippen LogP contribution is -2.27. The number of rotatable bonds is 7. The quantitative estimate of drug-likeness (QED) is 0.790. The molecule has 1 aromatic carbocycles. The summed E-state index contributed by atoms with van der Waals surface area (Å²) >= 11 is 1.38. The third-order valence-electron chi connectivity index (χ3n) is 4.13. The molecule has 2 amide bonds. The molecular weight excluding hydrogens is 336 g/mol. The molecule has 25 heavy (non-hydrogen) atoms. The summed E-state index contributed by atoms with van der Waals surface area (Å²) in [4.78, 5) is 24.4. The van der Waals surface area contributed by atoms with E-state index in [0.29, 0.717) is 17.5 Å². The first-order valence-electron chi connectivity index (χ1n) is 8.59. The standard InChI is InChI=1S/C19H22N2O3S/c22-18(11-12-20-19(23)17-6-3-13-25-17)21-14-7-9-16(10-8-14)24-15-4-1-2-5-15/h3,6-10,13,15H,1-2,4-5,11-12H2,(H,20,23)(H,21,22). The Morgan fingerprint density at radius 2 is 1.88 bits per heavy atom. The number of benzene rings is 1. The van der Waals surface area contributed by atoms with Crippen LogP contribution in [0.2, 0.25) is 0 Å². The molecular formula is C19H22N2O3S. The van der Waals surface area contributed by atoms with Gasteiger partial charge in [0.2, 0.25) is 5.91 Å². The van der Waals surface area contributed by atoms with Crippen molar-refractivity contribution in [2.75, 3.05) is 11.9 Å². The van der Waals surface area contributed by atoms with Crippen molar-refractivity contribution in [2.45, 2.75) is 38.2 Å². The minimum Gasteiger partial charge on any atom is -0.490 e. The summed E-state index contributed by atoms with van der Waals surface area (Å²) in [5, 5.41) is 7.42. The highest BCUT2D eigenvalue weighted by Crippen LogP contribution is 2.25. The second-order valence-electron chi connectivity index (χ2n) is 6.08. The predicted octanol–water partition coefficient (Wildman–Crippen LogP) is 3.83. The molecule has 6 heteroatoms. The number of hydrogen-bond acceptors (Lipinski definition) is 4. The highest BCUT2D eigenvalue weighted by atomic mass is 32.1. The van der Waals surface area contributed by atoms with Crippen molar-refractivity contribution in [3.63, 3.8) is 0 Å². The van der Waals surface area contributed by atoms with E-state index in [0.717, 1.165) is 24.3 Å². The van der Waals surface area contributed by atoms with Gasteiger partial charge >= 0.3 is 0 Å². The molecule has 0 saturated heterocycles. The molecule has 1 heterocycles. The van der Waals surface area contributed by atoms with Crippen LogP contribution in [0.5, 0.6) is 5.75 Å². The summed E-state index contributed by atoms with van der Waals surface area (Å²) in [6.07, 6.45) is 5.28. The molecule has 1 saturated carbocycles. The van der Waals surface area contributed by atoms with Crippen LogP contribution in [-0.2, 0) is 4.79 Å². The lowest BCUT2D eigenvalue weighted by atomic mass is 10.2. The van der Waals surface area contributed by atoms with Gasteiger partial charge in [-0.2, -0.15) is 0 Å². The van der Waals surface area contributed by atoms with Gasteiger partial charge in [-0.3, -0.25) is 9.59 Å². The second-order valence-corrected chi connectivity index (χ2v) is 7.03. The maximum atomic E-state index is 12.0. The van der Waals surface area contributed by atoms with Crippen molar-refractivity contribution in [2.24, 2.45) is 0 Å². The largest absolute Gasteiger partial charge is 0.490 e. The van der Waals surface area contributed by atoms with Crippen molar-refractivity contribution in [3.05, 3.63) is 46.7 Å². The van der Waals surface area contributed by atoms with Crippen LogP contribution in [0.1, 0.15) is 41.8 Å². The molecule has 0 spiro atoms. The van der Waals surface area contributed by atoms with E-state index in [4.69, 9.17) is 4.74 Å². The fraction of sp³-hybridized carbons (Fsp3) is 0.368. The number of anilines is 1. The smallest absolute Gasteiger partial charge is 0.261 e. The Morgan fingerprint density at radius 3 is 2.56 bits per heavy atom. The van der Waals surface area contributed by atoms with Crippen LogP contribution in [0.3, 0.4) is 0 Å². The van der Waals surface area contributed by atoms with Gasteiger partial charge < -0.3 is 15.4 Å². The van der Waals surface area contributed by atoms with E-state index in [1.54, 1.807) is 6.07 Å². The van der Waals surface area contributed by atoms with Crippen molar-refractivity contribution < 1.29 is 14.3 Å². The van der Waals surface area contributed by atoms with Gasteiger partial charge in [0.15, 0.2) is 0 Å². The maximum Gasteiger partial charge on any atom is 0.261 e. The number of nitrogens with one attached hydrogen (secondary N) is 2. The first-order chi connectivity index (χ1) is 12.2. The topological polar surface area (TPSA) is 67.4 Å². The summed E-state index contributed by atoms with van der Waals surface area (Å²) < 4.78 is 5.90. The van der Waals surface area contributed by atoms with Gasteiger partial charge in [0.1, 0.15) is 5.75 Å². The molecule has 0 atom stereocenters. The molecule has 1 aromatic heterocycles. The van der Waals surface area contributed by atoms with Gasteiger partial charge in [0, 0.05) is 18.7 Å². The maximum absolute atomic E-state index is 12.0. The van der Waals surface area contributed by atoms with Crippen molar-refractivity contribution in [3.8, 4) is 5.75 Å². The summed E-state index contributed by atoms with van der Waals surface area (Å²) in [6, 6.07) is 11.0. The Kier molecular flexibility index (Phi) is 6.06. The molecule has 1 fully saturated rings. The van der Waals surface area contributed by atoms with E-state index < -0.39 is 0 Å². The number of hydrogen-bond donors (Lipinski definition) is 2. The molecule has 5 nitrogen and oxygen atoms in total. The molecule has 0 unspecified atom stereocenters. The molecule has 1 aliphatic rings. The molecule has 1 aliphatic carbocycles. The zero-order valence-corrected chi connectivity index (χ0v) is 14.8. The third-order valence-corrected chi connectivity index (χ3v) is 4.99. The fourth-order valence-electron chi connectivity index (χ4n) is 2.82. The van der Waals surface area contributed by atoms with Gasteiger partial charge in [-0.1, -0.05) is 6.07 Å².